The Labute approximate surface area is 126 Å². The average Bonchev–Trinajstić information content (AvgIpc) is 2.36. The average molecular weight is 338 g/mol. The Morgan fingerprint density at radius 3 is 2.65 bits per heavy atom. The monoisotopic (exact) mass is 337 g/mol. The van der Waals surface area contributed by atoms with Crippen molar-refractivity contribution in [2.45, 2.75) is 26.3 Å². The maximum Gasteiger partial charge on any atom is 0.165 e. The maximum absolute atomic E-state index is 13.8. The predicted molar refractivity (Wildman–Crippen MR) is 82.7 cm³/mol. The van der Waals surface area contributed by atoms with Gasteiger partial charge in [0.05, 0.1) is 0 Å². The summed E-state index contributed by atoms with van der Waals surface area (Å²) in [4.78, 5) is 0. The van der Waals surface area contributed by atoms with Crippen molar-refractivity contribution in [3.63, 3.8) is 0 Å². The molecule has 0 bridgehead atoms. The van der Waals surface area contributed by atoms with Gasteiger partial charge < -0.3 is 10.5 Å². The SMILES string of the molecule is Cc1ccc(Oc2cc(Br)ccc2F)c(CC(C)N)c1. The fourth-order valence-electron chi connectivity index (χ4n) is 1.99. The van der Waals surface area contributed by atoms with E-state index in [9.17, 15) is 4.39 Å². The van der Waals surface area contributed by atoms with Crippen LogP contribution in [0.3, 0.4) is 0 Å². The minimum atomic E-state index is -0.388. The van der Waals surface area contributed by atoms with Crippen LogP contribution in [0, 0.1) is 12.7 Å². The van der Waals surface area contributed by atoms with Gasteiger partial charge in [0.15, 0.2) is 11.6 Å². The summed E-state index contributed by atoms with van der Waals surface area (Å²) in [5, 5.41) is 0. The summed E-state index contributed by atoms with van der Waals surface area (Å²) in [6, 6.07) is 10.5. The van der Waals surface area contributed by atoms with Crippen LogP contribution in [0.5, 0.6) is 11.5 Å². The van der Waals surface area contributed by atoms with Gasteiger partial charge in [0.2, 0.25) is 0 Å². The summed E-state index contributed by atoms with van der Waals surface area (Å²) in [6.07, 6.45) is 0.687. The van der Waals surface area contributed by atoms with Crippen molar-refractivity contribution in [1.82, 2.24) is 0 Å². The Kier molecular flexibility index (Phi) is 4.78. The first-order valence-corrected chi connectivity index (χ1v) is 7.23. The molecule has 0 aromatic heterocycles. The molecule has 20 heavy (non-hydrogen) atoms. The van der Waals surface area contributed by atoms with Gasteiger partial charge in [-0.1, -0.05) is 33.6 Å². The standard InChI is InChI=1S/C16H17BrFNO/c1-10-3-6-15(12(7-10)8-11(2)19)20-16-9-13(17)4-5-14(16)18/h3-7,9,11H,8,19H2,1-2H3. The minimum Gasteiger partial charge on any atom is -0.454 e. The number of halogens is 2. The van der Waals surface area contributed by atoms with Gasteiger partial charge in [-0.2, -0.15) is 0 Å². The van der Waals surface area contributed by atoms with Gasteiger partial charge in [-0.3, -0.25) is 0 Å². The van der Waals surface area contributed by atoms with Crippen LogP contribution in [0.2, 0.25) is 0 Å². The van der Waals surface area contributed by atoms with Gasteiger partial charge in [0, 0.05) is 10.5 Å². The summed E-state index contributed by atoms with van der Waals surface area (Å²) in [5.41, 5.74) is 7.97. The normalized spacial score (nSPS) is 12.2. The van der Waals surface area contributed by atoms with Gasteiger partial charge in [-0.05, 0) is 50.1 Å². The van der Waals surface area contributed by atoms with Crippen molar-refractivity contribution >= 4 is 15.9 Å². The summed E-state index contributed by atoms with van der Waals surface area (Å²) in [5.74, 6) is 0.458. The third-order valence-corrected chi connectivity index (χ3v) is 3.36. The quantitative estimate of drug-likeness (QED) is 0.886. The Hall–Kier alpha value is -1.39. The molecule has 0 saturated carbocycles. The molecular formula is C16H17BrFNO. The number of rotatable bonds is 4. The fraction of sp³-hybridized carbons (Fsp3) is 0.250. The van der Waals surface area contributed by atoms with Crippen molar-refractivity contribution in [2.24, 2.45) is 5.73 Å². The van der Waals surface area contributed by atoms with E-state index in [0.29, 0.717) is 12.2 Å². The van der Waals surface area contributed by atoms with Crippen LogP contribution in [0.4, 0.5) is 4.39 Å². The molecule has 2 N–H and O–H groups in total. The number of hydrogen-bond acceptors (Lipinski definition) is 2. The van der Waals surface area contributed by atoms with Gasteiger partial charge in [0.25, 0.3) is 0 Å². The molecule has 0 heterocycles. The largest absolute Gasteiger partial charge is 0.454 e. The highest BCUT2D eigenvalue weighted by Crippen LogP contribution is 2.30. The number of hydrogen-bond donors (Lipinski definition) is 1. The van der Waals surface area contributed by atoms with E-state index in [-0.39, 0.29) is 17.6 Å². The van der Waals surface area contributed by atoms with Crippen molar-refractivity contribution in [3.8, 4) is 11.5 Å². The molecule has 0 aliphatic rings. The number of benzene rings is 2. The number of nitrogens with two attached hydrogens (primary N) is 1. The lowest BCUT2D eigenvalue weighted by molar-refractivity contribution is 0.436. The van der Waals surface area contributed by atoms with Gasteiger partial charge in [-0.15, -0.1) is 0 Å². The minimum absolute atomic E-state index is 0.0199. The molecule has 2 aromatic carbocycles. The Balaban J connectivity index is 2.35. The third-order valence-electron chi connectivity index (χ3n) is 2.87. The van der Waals surface area contributed by atoms with Crippen LogP contribution in [0.15, 0.2) is 40.9 Å². The highest BCUT2D eigenvalue weighted by molar-refractivity contribution is 9.10. The zero-order valence-electron chi connectivity index (χ0n) is 11.5. The summed E-state index contributed by atoms with van der Waals surface area (Å²) < 4.78 is 20.2. The molecule has 0 saturated heterocycles. The smallest absolute Gasteiger partial charge is 0.165 e. The first-order valence-electron chi connectivity index (χ1n) is 6.43. The zero-order valence-corrected chi connectivity index (χ0v) is 13.1. The Bertz CT molecular complexity index is 613. The van der Waals surface area contributed by atoms with E-state index in [1.807, 2.05) is 32.0 Å². The molecule has 2 aromatic rings. The summed E-state index contributed by atoms with van der Waals surface area (Å²) in [7, 11) is 0. The van der Waals surface area contributed by atoms with E-state index in [1.165, 1.54) is 6.07 Å². The van der Waals surface area contributed by atoms with Crippen LogP contribution in [-0.4, -0.2) is 6.04 Å². The Morgan fingerprint density at radius 2 is 1.95 bits per heavy atom. The zero-order chi connectivity index (χ0) is 14.7. The number of ether oxygens (including phenoxy) is 1. The predicted octanol–water partition coefficient (Wildman–Crippen LogP) is 4.58. The van der Waals surface area contributed by atoms with Crippen molar-refractivity contribution in [3.05, 3.63) is 57.8 Å². The van der Waals surface area contributed by atoms with Crippen molar-refractivity contribution in [1.29, 1.82) is 0 Å². The van der Waals surface area contributed by atoms with Crippen molar-refractivity contribution in [2.75, 3.05) is 0 Å². The molecule has 106 valence electrons. The molecule has 0 aliphatic heterocycles. The summed E-state index contributed by atoms with van der Waals surface area (Å²) >= 11 is 3.31. The highest BCUT2D eigenvalue weighted by Gasteiger charge is 2.11. The topological polar surface area (TPSA) is 35.2 Å². The highest BCUT2D eigenvalue weighted by atomic mass is 79.9. The number of aryl methyl sites for hydroxylation is 1. The van der Waals surface area contributed by atoms with Gasteiger partial charge >= 0.3 is 0 Å². The molecule has 1 unspecified atom stereocenters. The van der Waals surface area contributed by atoms with Crippen LogP contribution in [0.1, 0.15) is 18.1 Å². The lowest BCUT2D eigenvalue weighted by Crippen LogP contribution is -2.18. The second-order valence-corrected chi connectivity index (χ2v) is 5.89. The lowest BCUT2D eigenvalue weighted by atomic mass is 10.0. The van der Waals surface area contributed by atoms with E-state index in [2.05, 4.69) is 15.9 Å². The van der Waals surface area contributed by atoms with E-state index in [4.69, 9.17) is 10.5 Å². The molecule has 0 aliphatic carbocycles. The molecule has 1 atom stereocenters. The molecular weight excluding hydrogens is 321 g/mol. The van der Waals surface area contributed by atoms with Crippen LogP contribution in [-0.2, 0) is 6.42 Å². The first-order chi connectivity index (χ1) is 9.45. The molecule has 4 heteroatoms. The van der Waals surface area contributed by atoms with Gasteiger partial charge in [0.1, 0.15) is 5.75 Å². The molecule has 0 amide bonds. The van der Waals surface area contributed by atoms with E-state index in [0.717, 1.165) is 15.6 Å². The van der Waals surface area contributed by atoms with Crippen LogP contribution >= 0.6 is 15.9 Å². The van der Waals surface area contributed by atoms with E-state index in [1.54, 1.807) is 12.1 Å². The third kappa shape index (κ3) is 3.81. The second kappa shape index (κ2) is 6.37. The molecule has 2 rings (SSSR count). The molecule has 2 nitrogen and oxygen atoms in total. The molecule has 0 spiro atoms. The van der Waals surface area contributed by atoms with Crippen molar-refractivity contribution < 1.29 is 9.13 Å². The molecule has 0 fully saturated rings. The maximum atomic E-state index is 13.8. The second-order valence-electron chi connectivity index (χ2n) is 4.97. The van der Waals surface area contributed by atoms with E-state index >= 15 is 0 Å². The molecule has 0 radical (unpaired) electrons. The Morgan fingerprint density at radius 1 is 1.20 bits per heavy atom. The van der Waals surface area contributed by atoms with Crippen LogP contribution < -0.4 is 10.5 Å². The lowest BCUT2D eigenvalue weighted by Gasteiger charge is -2.14. The van der Waals surface area contributed by atoms with E-state index < -0.39 is 0 Å². The fourth-order valence-corrected chi connectivity index (χ4v) is 2.33. The first kappa shape index (κ1) is 15.0. The summed E-state index contributed by atoms with van der Waals surface area (Å²) in [6.45, 7) is 3.94. The van der Waals surface area contributed by atoms with Crippen LogP contribution in [0.25, 0.3) is 0 Å². The van der Waals surface area contributed by atoms with Gasteiger partial charge in [-0.25, -0.2) is 4.39 Å².